The minimum Gasteiger partial charge on any atom is -0.494 e. The first kappa shape index (κ1) is 23.8. The lowest BCUT2D eigenvalue weighted by Gasteiger charge is -2.31. The number of carbonyl (C=O) groups is 1. The number of hydrogen-bond acceptors (Lipinski definition) is 5. The molecule has 1 fully saturated rings. The molecule has 2 aromatic rings. The maximum Gasteiger partial charge on any atom is 0.433 e. The molecule has 1 N–H and O–H groups in total. The summed E-state index contributed by atoms with van der Waals surface area (Å²) in [4.78, 5) is 18.4. The van der Waals surface area contributed by atoms with Crippen LogP contribution in [0.25, 0.3) is 0 Å². The van der Waals surface area contributed by atoms with Gasteiger partial charge in [-0.3, -0.25) is 4.79 Å². The summed E-state index contributed by atoms with van der Waals surface area (Å²) in [6.07, 6.45) is -3.90. The number of nitrogens with zero attached hydrogens (tertiary/aromatic N) is 2. The van der Waals surface area contributed by atoms with Crippen LogP contribution in [0.1, 0.15) is 42.5 Å². The maximum absolute atomic E-state index is 13.0. The first-order valence-electron chi connectivity index (χ1n) is 10.7. The SMILES string of the molecule is CCOc1cc(N2CCOCC2)c(NC(=O)c2cccc(C(F)(F)F)n2)cc1CC(C)C. The van der Waals surface area contributed by atoms with Gasteiger partial charge in [0.1, 0.15) is 17.1 Å². The summed E-state index contributed by atoms with van der Waals surface area (Å²) in [6.45, 7) is 8.89. The van der Waals surface area contributed by atoms with Crippen LogP contribution < -0.4 is 15.0 Å². The van der Waals surface area contributed by atoms with E-state index in [1.165, 1.54) is 12.1 Å². The van der Waals surface area contributed by atoms with Crippen LogP contribution >= 0.6 is 0 Å². The highest BCUT2D eigenvalue weighted by molar-refractivity contribution is 6.05. The Hall–Kier alpha value is -2.81. The second kappa shape index (κ2) is 10.2. The van der Waals surface area contributed by atoms with Crippen molar-refractivity contribution < 1.29 is 27.4 Å². The summed E-state index contributed by atoms with van der Waals surface area (Å²) in [5.41, 5.74) is 0.767. The molecule has 0 unspecified atom stereocenters. The number of ether oxygens (including phenoxy) is 2. The van der Waals surface area contributed by atoms with E-state index in [4.69, 9.17) is 9.47 Å². The van der Waals surface area contributed by atoms with Gasteiger partial charge in [-0.1, -0.05) is 19.9 Å². The molecule has 6 nitrogen and oxygen atoms in total. The smallest absolute Gasteiger partial charge is 0.433 e. The summed E-state index contributed by atoms with van der Waals surface area (Å²) in [5.74, 6) is 0.375. The second-order valence-corrected chi connectivity index (χ2v) is 7.97. The van der Waals surface area contributed by atoms with Crippen LogP contribution in [0.3, 0.4) is 0 Å². The van der Waals surface area contributed by atoms with E-state index in [9.17, 15) is 18.0 Å². The molecule has 0 atom stereocenters. The predicted molar refractivity (Wildman–Crippen MR) is 116 cm³/mol. The molecule has 3 rings (SSSR count). The van der Waals surface area contributed by atoms with Crippen LogP contribution in [0.15, 0.2) is 30.3 Å². The van der Waals surface area contributed by atoms with E-state index >= 15 is 0 Å². The summed E-state index contributed by atoms with van der Waals surface area (Å²) in [7, 11) is 0. The van der Waals surface area contributed by atoms with Crippen LogP contribution in [0.5, 0.6) is 5.75 Å². The Morgan fingerprint density at radius 3 is 2.59 bits per heavy atom. The average molecular weight is 451 g/mol. The van der Waals surface area contributed by atoms with Gasteiger partial charge in [0.05, 0.1) is 31.2 Å². The fourth-order valence-corrected chi connectivity index (χ4v) is 3.57. The van der Waals surface area contributed by atoms with Crippen molar-refractivity contribution in [2.24, 2.45) is 5.92 Å². The molecule has 1 aliphatic heterocycles. The van der Waals surface area contributed by atoms with Crippen LogP contribution in [0, 0.1) is 5.92 Å². The second-order valence-electron chi connectivity index (χ2n) is 7.97. The Morgan fingerprint density at radius 1 is 1.25 bits per heavy atom. The summed E-state index contributed by atoms with van der Waals surface area (Å²) in [5, 5.41) is 2.78. The van der Waals surface area contributed by atoms with Gasteiger partial charge in [0.2, 0.25) is 0 Å². The van der Waals surface area contributed by atoms with Crippen molar-refractivity contribution in [3.63, 3.8) is 0 Å². The topological polar surface area (TPSA) is 63.7 Å². The monoisotopic (exact) mass is 451 g/mol. The van der Waals surface area contributed by atoms with E-state index in [0.29, 0.717) is 44.5 Å². The Morgan fingerprint density at radius 2 is 1.97 bits per heavy atom. The highest BCUT2D eigenvalue weighted by atomic mass is 19.4. The molecule has 1 amide bonds. The maximum atomic E-state index is 13.0. The average Bonchev–Trinajstić information content (AvgIpc) is 2.75. The van der Waals surface area contributed by atoms with E-state index in [1.54, 1.807) is 0 Å². The number of rotatable bonds is 7. The van der Waals surface area contributed by atoms with Crippen molar-refractivity contribution in [2.75, 3.05) is 43.1 Å². The number of morpholine rings is 1. The molecule has 0 bridgehead atoms. The minimum atomic E-state index is -4.63. The number of amides is 1. The van der Waals surface area contributed by atoms with Crippen molar-refractivity contribution in [1.29, 1.82) is 0 Å². The number of nitrogens with one attached hydrogen (secondary N) is 1. The van der Waals surface area contributed by atoms with Crippen molar-refractivity contribution in [1.82, 2.24) is 4.98 Å². The molecule has 0 radical (unpaired) electrons. The summed E-state index contributed by atoms with van der Waals surface area (Å²) < 4.78 is 50.4. The Labute approximate surface area is 185 Å². The van der Waals surface area contributed by atoms with E-state index in [2.05, 4.69) is 29.0 Å². The van der Waals surface area contributed by atoms with Gasteiger partial charge in [-0.15, -0.1) is 0 Å². The van der Waals surface area contributed by atoms with Gasteiger partial charge < -0.3 is 19.7 Å². The molecule has 2 heterocycles. The number of hydrogen-bond donors (Lipinski definition) is 1. The molecule has 1 aromatic heterocycles. The lowest BCUT2D eigenvalue weighted by Crippen LogP contribution is -2.37. The molecule has 0 saturated carbocycles. The van der Waals surface area contributed by atoms with Gasteiger partial charge in [0, 0.05) is 19.2 Å². The number of alkyl halides is 3. The lowest BCUT2D eigenvalue weighted by atomic mass is 10.00. The zero-order chi connectivity index (χ0) is 23.3. The van der Waals surface area contributed by atoms with Crippen molar-refractivity contribution in [2.45, 2.75) is 33.4 Å². The predicted octanol–water partition coefficient (Wildman–Crippen LogP) is 4.79. The van der Waals surface area contributed by atoms with Gasteiger partial charge in [-0.25, -0.2) is 4.98 Å². The summed E-state index contributed by atoms with van der Waals surface area (Å²) >= 11 is 0. The van der Waals surface area contributed by atoms with Gasteiger partial charge in [0.25, 0.3) is 5.91 Å². The van der Waals surface area contributed by atoms with Gasteiger partial charge in [-0.05, 0) is 43.0 Å². The largest absolute Gasteiger partial charge is 0.494 e. The molecular weight excluding hydrogens is 423 g/mol. The van der Waals surface area contributed by atoms with Crippen LogP contribution in [-0.4, -0.2) is 43.8 Å². The molecule has 1 aromatic carbocycles. The minimum absolute atomic E-state index is 0.299. The quantitative estimate of drug-likeness (QED) is 0.656. The Balaban J connectivity index is 1.99. The van der Waals surface area contributed by atoms with Crippen LogP contribution in [0.4, 0.5) is 24.5 Å². The number of halogens is 3. The number of anilines is 2. The first-order valence-corrected chi connectivity index (χ1v) is 10.7. The van der Waals surface area contributed by atoms with Crippen molar-refractivity contribution in [3.8, 4) is 5.75 Å². The molecular formula is C23H28F3N3O3. The third-order valence-corrected chi connectivity index (χ3v) is 4.98. The summed E-state index contributed by atoms with van der Waals surface area (Å²) in [6, 6.07) is 7.02. The lowest BCUT2D eigenvalue weighted by molar-refractivity contribution is -0.141. The zero-order valence-electron chi connectivity index (χ0n) is 18.5. The number of benzene rings is 1. The normalized spacial score (nSPS) is 14.5. The van der Waals surface area contributed by atoms with Crippen molar-refractivity contribution >= 4 is 17.3 Å². The van der Waals surface area contributed by atoms with Crippen LogP contribution in [0.2, 0.25) is 0 Å². The van der Waals surface area contributed by atoms with Gasteiger partial charge in [-0.2, -0.15) is 13.2 Å². The molecule has 174 valence electrons. The zero-order valence-corrected chi connectivity index (χ0v) is 18.5. The van der Waals surface area contributed by atoms with Gasteiger partial charge in [0.15, 0.2) is 0 Å². The molecule has 0 spiro atoms. The molecule has 1 saturated heterocycles. The number of aromatic nitrogens is 1. The molecule has 1 aliphatic rings. The van der Waals surface area contributed by atoms with Crippen molar-refractivity contribution in [3.05, 3.63) is 47.3 Å². The molecule has 9 heteroatoms. The fraction of sp³-hybridized carbons (Fsp3) is 0.478. The highest BCUT2D eigenvalue weighted by Crippen LogP contribution is 2.36. The van der Waals surface area contributed by atoms with Crippen LogP contribution in [-0.2, 0) is 17.3 Å². The Bertz CT molecular complexity index is 942. The highest BCUT2D eigenvalue weighted by Gasteiger charge is 2.33. The third kappa shape index (κ3) is 5.91. The Kier molecular flexibility index (Phi) is 7.60. The molecule has 0 aliphatic carbocycles. The number of carbonyl (C=O) groups excluding carboxylic acids is 1. The number of pyridine rings is 1. The fourth-order valence-electron chi connectivity index (χ4n) is 3.57. The van der Waals surface area contributed by atoms with Gasteiger partial charge >= 0.3 is 6.18 Å². The van der Waals surface area contributed by atoms with E-state index in [0.717, 1.165) is 29.5 Å². The van der Waals surface area contributed by atoms with E-state index < -0.39 is 17.8 Å². The standard InChI is InChI=1S/C23H28F3N3O3/c1-4-32-20-14-19(29-8-10-31-11-9-29)18(13-16(20)12-15(2)3)28-22(30)17-6-5-7-21(27-17)23(24,25)26/h5-7,13-15H,4,8-12H2,1-3H3,(H,28,30). The van der Waals surface area contributed by atoms with E-state index in [-0.39, 0.29) is 5.69 Å². The third-order valence-electron chi connectivity index (χ3n) is 4.98. The first-order chi connectivity index (χ1) is 15.2. The van der Waals surface area contributed by atoms with E-state index in [1.807, 2.05) is 19.1 Å². The molecule has 32 heavy (non-hydrogen) atoms.